The SMILES string of the molecule is CCOC(=O)N1CCN(C(=O)[C@H](CCC(=O)O)[AsH]C(=O)c2cc(OCC(=O)N3CCC[C@H]3C(=O)NC3CCC3)c3ccc(C)cc3n2)CC1. The standard InChI is InChI=1S/C34H44AsN5O9/c1-3-48-34(47)39-16-14-38(15-17-39)33(46)24(11-12-30(42)43)35-31(44)26-19-28(23-10-9-21(2)18-25(23)37-26)49-20-29(41)40-13-5-8-27(40)32(45)36-22-6-4-7-22/h9-10,18-19,22,24,27,35H,3-8,11-17,20H2,1-2H3,(H,36,45)(H,42,43)/t24-,27-/m0/s1. The van der Waals surface area contributed by atoms with Crippen molar-refractivity contribution in [2.45, 2.75) is 75.6 Å². The van der Waals surface area contributed by atoms with Crippen molar-refractivity contribution in [3.63, 3.8) is 0 Å². The van der Waals surface area contributed by atoms with Crippen LogP contribution in [-0.4, -0.2) is 133 Å². The average Bonchev–Trinajstić information content (AvgIpc) is 3.57. The van der Waals surface area contributed by atoms with Gasteiger partial charge in [-0.1, -0.05) is 0 Å². The van der Waals surface area contributed by atoms with Gasteiger partial charge >= 0.3 is 273 Å². The molecule has 1 aromatic heterocycles. The second-order valence-electron chi connectivity index (χ2n) is 12.7. The van der Waals surface area contributed by atoms with E-state index in [-0.39, 0.29) is 92.0 Å². The summed E-state index contributed by atoms with van der Waals surface area (Å²) in [5.74, 6) is -1.55. The van der Waals surface area contributed by atoms with Crippen LogP contribution in [0.25, 0.3) is 10.9 Å². The molecule has 1 saturated carbocycles. The van der Waals surface area contributed by atoms with Crippen LogP contribution in [0, 0.1) is 6.92 Å². The molecule has 15 heteroatoms. The van der Waals surface area contributed by atoms with Crippen LogP contribution < -0.4 is 10.1 Å². The van der Waals surface area contributed by atoms with E-state index in [1.165, 1.54) is 11.0 Å². The van der Waals surface area contributed by atoms with Crippen molar-refractivity contribution in [1.82, 2.24) is 25.0 Å². The molecule has 0 spiro atoms. The number of carbonyl (C=O) groups excluding carboxylic acids is 5. The van der Waals surface area contributed by atoms with Gasteiger partial charge in [0.05, 0.1) is 0 Å². The number of hydrogen-bond donors (Lipinski definition) is 2. The second kappa shape index (κ2) is 16.5. The molecule has 2 saturated heterocycles. The van der Waals surface area contributed by atoms with Crippen LogP contribution in [0.15, 0.2) is 24.3 Å². The van der Waals surface area contributed by atoms with Crippen molar-refractivity contribution >= 4 is 61.0 Å². The Hall–Kier alpha value is -4.19. The third-order valence-corrected chi connectivity index (χ3v) is 12.1. The van der Waals surface area contributed by atoms with E-state index in [1.54, 1.807) is 22.8 Å². The maximum atomic E-state index is 13.8. The van der Waals surface area contributed by atoms with Gasteiger partial charge in [0.25, 0.3) is 0 Å². The summed E-state index contributed by atoms with van der Waals surface area (Å²) in [5, 5.41) is 13.0. The number of piperazine rings is 1. The van der Waals surface area contributed by atoms with Gasteiger partial charge in [0.1, 0.15) is 0 Å². The number of nitrogens with one attached hydrogen (secondary N) is 1. The molecule has 1 unspecified atom stereocenters. The number of amides is 4. The zero-order chi connectivity index (χ0) is 35.1. The molecule has 2 aliphatic heterocycles. The molecule has 3 atom stereocenters. The molecule has 4 amide bonds. The molecule has 264 valence electrons. The first kappa shape index (κ1) is 36.1. The molecule has 3 aliphatic rings. The van der Waals surface area contributed by atoms with Crippen LogP contribution in [0.1, 0.15) is 67.9 Å². The molecule has 0 bridgehead atoms. The first-order chi connectivity index (χ1) is 23.5. The molecule has 2 N–H and O–H groups in total. The molecule has 1 aromatic carbocycles. The number of aliphatic carboxylic acids is 1. The van der Waals surface area contributed by atoms with Gasteiger partial charge in [-0.3, -0.25) is 0 Å². The predicted molar refractivity (Wildman–Crippen MR) is 180 cm³/mol. The van der Waals surface area contributed by atoms with Gasteiger partial charge in [-0.2, -0.15) is 0 Å². The topological polar surface area (TPSA) is 176 Å². The number of carboxylic acid groups (broad SMARTS) is 1. The Bertz CT molecular complexity index is 1590. The van der Waals surface area contributed by atoms with E-state index in [0.29, 0.717) is 23.9 Å². The number of aromatic nitrogens is 1. The normalized spacial score (nSPS) is 18.7. The summed E-state index contributed by atoms with van der Waals surface area (Å²) < 4.78 is 9.95. The first-order valence-corrected chi connectivity index (χ1v) is 19.2. The number of rotatable bonds is 13. The number of pyridine rings is 1. The van der Waals surface area contributed by atoms with Gasteiger partial charge in [-0.15, -0.1) is 0 Å². The molecule has 1 aliphatic carbocycles. The van der Waals surface area contributed by atoms with Crippen molar-refractivity contribution in [1.29, 1.82) is 0 Å². The molecule has 3 fully saturated rings. The van der Waals surface area contributed by atoms with Crippen molar-refractivity contribution < 1.29 is 43.3 Å². The van der Waals surface area contributed by atoms with E-state index >= 15 is 0 Å². The minimum absolute atomic E-state index is 0.00781. The second-order valence-corrected chi connectivity index (χ2v) is 15.7. The van der Waals surface area contributed by atoms with Gasteiger partial charge in [0.2, 0.25) is 0 Å². The third kappa shape index (κ3) is 9.08. The number of fused-ring (bicyclic) bond motifs is 1. The van der Waals surface area contributed by atoms with Gasteiger partial charge < -0.3 is 0 Å². The predicted octanol–water partition coefficient (Wildman–Crippen LogP) is 2.11. The van der Waals surface area contributed by atoms with Crippen LogP contribution in [-0.2, 0) is 23.9 Å². The number of hydrogen-bond acceptors (Lipinski definition) is 9. The zero-order valence-corrected chi connectivity index (χ0v) is 30.0. The summed E-state index contributed by atoms with van der Waals surface area (Å²) >= 11 is -1.75. The number of aryl methyl sites for hydroxylation is 1. The van der Waals surface area contributed by atoms with E-state index in [4.69, 9.17) is 9.47 Å². The summed E-state index contributed by atoms with van der Waals surface area (Å²) in [6.07, 6.45) is 3.60. The van der Waals surface area contributed by atoms with Crippen molar-refractivity contribution in [2.24, 2.45) is 0 Å². The third-order valence-electron chi connectivity index (χ3n) is 9.21. The van der Waals surface area contributed by atoms with E-state index < -0.39 is 38.6 Å². The molecule has 3 heterocycles. The Labute approximate surface area is 291 Å². The summed E-state index contributed by atoms with van der Waals surface area (Å²) in [6.45, 7) is 5.03. The van der Waals surface area contributed by atoms with Gasteiger partial charge in [0, 0.05) is 0 Å². The summed E-state index contributed by atoms with van der Waals surface area (Å²) in [7, 11) is 0. The quantitative estimate of drug-likeness (QED) is 0.290. The fourth-order valence-corrected chi connectivity index (χ4v) is 8.75. The zero-order valence-electron chi connectivity index (χ0n) is 27.9. The molecule has 49 heavy (non-hydrogen) atoms. The van der Waals surface area contributed by atoms with Crippen LogP contribution >= 0.6 is 0 Å². The Kier molecular flexibility index (Phi) is 12.1. The van der Waals surface area contributed by atoms with Crippen molar-refractivity contribution in [3.05, 3.63) is 35.5 Å². The molecular weight excluding hydrogens is 697 g/mol. The fraction of sp³-hybridized carbons (Fsp3) is 0.559. The van der Waals surface area contributed by atoms with E-state index in [0.717, 1.165) is 31.2 Å². The summed E-state index contributed by atoms with van der Waals surface area (Å²) in [4.78, 5) is 86.5. The Morgan fingerprint density at radius 1 is 1.00 bits per heavy atom. The van der Waals surface area contributed by atoms with Crippen LogP contribution in [0.5, 0.6) is 5.75 Å². The van der Waals surface area contributed by atoms with E-state index in [9.17, 15) is 33.9 Å². The first-order valence-electron chi connectivity index (χ1n) is 16.9. The molecule has 5 rings (SSSR count). The monoisotopic (exact) mass is 741 g/mol. The number of carbonyl (C=O) groups is 6. The molecule has 2 aromatic rings. The Morgan fingerprint density at radius 3 is 2.41 bits per heavy atom. The number of benzene rings is 1. The van der Waals surface area contributed by atoms with Gasteiger partial charge in [-0.05, 0) is 19.3 Å². The maximum absolute atomic E-state index is 13.8. The molecular formula is C34H44AsN5O9. The minimum atomic E-state index is -1.75. The number of ether oxygens (including phenoxy) is 2. The van der Waals surface area contributed by atoms with Crippen LogP contribution in [0.3, 0.4) is 0 Å². The molecule has 0 radical (unpaired) electrons. The van der Waals surface area contributed by atoms with Crippen molar-refractivity contribution in [3.8, 4) is 5.75 Å². The molecule has 14 nitrogen and oxygen atoms in total. The fourth-order valence-electron chi connectivity index (χ4n) is 6.25. The number of likely N-dealkylation sites (tertiary alicyclic amines) is 1. The Morgan fingerprint density at radius 2 is 1.73 bits per heavy atom. The van der Waals surface area contributed by atoms with Crippen LogP contribution in [0.4, 0.5) is 4.79 Å². The van der Waals surface area contributed by atoms with Gasteiger partial charge in [0.15, 0.2) is 0 Å². The van der Waals surface area contributed by atoms with Crippen molar-refractivity contribution in [2.75, 3.05) is 45.9 Å². The van der Waals surface area contributed by atoms with E-state index in [2.05, 4.69) is 10.3 Å². The number of carboxylic acids is 1. The summed E-state index contributed by atoms with van der Waals surface area (Å²) in [6, 6.07) is 6.60. The van der Waals surface area contributed by atoms with Gasteiger partial charge in [-0.25, -0.2) is 0 Å². The van der Waals surface area contributed by atoms with Crippen LogP contribution in [0.2, 0.25) is 4.71 Å². The van der Waals surface area contributed by atoms with E-state index in [1.807, 2.05) is 19.1 Å². The average molecular weight is 742 g/mol. The Balaban J connectivity index is 1.29. The summed E-state index contributed by atoms with van der Waals surface area (Å²) in [5.41, 5.74) is 1.47. The number of nitrogens with zero attached hydrogens (tertiary/aromatic N) is 4.